The molecule has 2 atom stereocenters. The number of hydrogen-bond acceptors (Lipinski definition) is 4. The van der Waals surface area contributed by atoms with Crippen LogP contribution >= 0.6 is 0 Å². The largest absolute Gasteiger partial charge is 0.481 e. The van der Waals surface area contributed by atoms with Crippen molar-refractivity contribution >= 4 is 18.0 Å². The molecule has 8 nitrogen and oxygen atoms in total. The second-order valence-electron chi connectivity index (χ2n) is 4.49. The molecule has 0 radical (unpaired) electrons. The highest BCUT2D eigenvalue weighted by atomic mass is 16.4. The van der Waals surface area contributed by atoms with Gasteiger partial charge in [0.2, 0.25) is 0 Å². The van der Waals surface area contributed by atoms with Crippen molar-refractivity contribution in [3.63, 3.8) is 0 Å². The van der Waals surface area contributed by atoms with Crippen LogP contribution in [0, 0.1) is 0 Å². The molecular formula is C11H21N3O5. The van der Waals surface area contributed by atoms with E-state index in [4.69, 9.17) is 10.2 Å². The van der Waals surface area contributed by atoms with Crippen LogP contribution in [0.5, 0.6) is 0 Å². The number of likely N-dealkylation sites (N-methyl/N-ethyl adjacent to an activating group) is 1. The summed E-state index contributed by atoms with van der Waals surface area (Å²) in [5, 5.41) is 22.1. The molecule has 110 valence electrons. The van der Waals surface area contributed by atoms with Gasteiger partial charge in [0.1, 0.15) is 6.04 Å². The van der Waals surface area contributed by atoms with Crippen molar-refractivity contribution in [2.75, 3.05) is 20.6 Å². The summed E-state index contributed by atoms with van der Waals surface area (Å²) in [5.74, 6) is -2.35. The topological polar surface area (TPSA) is 119 Å². The van der Waals surface area contributed by atoms with E-state index in [9.17, 15) is 14.4 Å². The predicted molar refractivity (Wildman–Crippen MR) is 68.0 cm³/mol. The van der Waals surface area contributed by atoms with Crippen LogP contribution in [-0.2, 0) is 9.59 Å². The van der Waals surface area contributed by atoms with Crippen molar-refractivity contribution in [2.45, 2.75) is 31.8 Å². The van der Waals surface area contributed by atoms with Crippen LogP contribution in [0.15, 0.2) is 0 Å². The monoisotopic (exact) mass is 275 g/mol. The Balaban J connectivity index is 4.17. The zero-order chi connectivity index (χ0) is 15.0. The Morgan fingerprint density at radius 3 is 2.21 bits per heavy atom. The number of carboxylic acids is 2. The van der Waals surface area contributed by atoms with Crippen molar-refractivity contribution in [1.82, 2.24) is 15.5 Å². The third-order valence-corrected chi connectivity index (χ3v) is 2.69. The maximum atomic E-state index is 11.5. The number of carboxylic acid groups (broad SMARTS) is 2. The summed E-state index contributed by atoms with van der Waals surface area (Å²) in [4.78, 5) is 34.6. The van der Waals surface area contributed by atoms with Gasteiger partial charge in [-0.1, -0.05) is 0 Å². The highest BCUT2D eigenvalue weighted by Crippen LogP contribution is 1.98. The van der Waals surface area contributed by atoms with Gasteiger partial charge < -0.3 is 25.7 Å². The van der Waals surface area contributed by atoms with E-state index in [-0.39, 0.29) is 18.9 Å². The van der Waals surface area contributed by atoms with Crippen LogP contribution in [-0.4, -0.2) is 65.8 Å². The number of carbonyl (C=O) groups excluding carboxylic acids is 1. The first-order valence-corrected chi connectivity index (χ1v) is 5.89. The lowest BCUT2D eigenvalue weighted by Gasteiger charge is -2.21. The lowest BCUT2D eigenvalue weighted by atomic mass is 10.1. The molecule has 0 saturated carbocycles. The molecule has 0 spiro atoms. The number of amides is 2. The van der Waals surface area contributed by atoms with Gasteiger partial charge in [-0.2, -0.15) is 0 Å². The molecule has 0 aliphatic carbocycles. The van der Waals surface area contributed by atoms with Gasteiger partial charge in [0, 0.05) is 19.0 Å². The third kappa shape index (κ3) is 7.98. The summed E-state index contributed by atoms with van der Waals surface area (Å²) in [6.45, 7) is 2.27. The molecule has 0 aromatic heterocycles. The van der Waals surface area contributed by atoms with E-state index in [2.05, 4.69) is 10.6 Å². The first kappa shape index (κ1) is 17.2. The second kappa shape index (κ2) is 8.30. The fourth-order valence-corrected chi connectivity index (χ4v) is 1.16. The third-order valence-electron chi connectivity index (χ3n) is 2.69. The SMILES string of the molecule is CC(CNC(=O)N[C@@H](CCC(=O)O)C(=O)O)N(C)C. The van der Waals surface area contributed by atoms with Gasteiger partial charge in [-0.25, -0.2) is 9.59 Å². The molecule has 0 aromatic carbocycles. The number of carbonyl (C=O) groups is 3. The van der Waals surface area contributed by atoms with Crippen molar-refractivity contribution in [1.29, 1.82) is 0 Å². The molecule has 0 aliphatic rings. The highest BCUT2D eigenvalue weighted by Gasteiger charge is 2.21. The van der Waals surface area contributed by atoms with Crippen LogP contribution in [0.4, 0.5) is 4.79 Å². The number of nitrogens with zero attached hydrogens (tertiary/aromatic N) is 1. The minimum atomic E-state index is -1.25. The van der Waals surface area contributed by atoms with Crippen LogP contribution in [0.3, 0.4) is 0 Å². The summed E-state index contributed by atoms with van der Waals surface area (Å²) in [5.41, 5.74) is 0. The Morgan fingerprint density at radius 2 is 1.79 bits per heavy atom. The molecule has 0 heterocycles. The van der Waals surface area contributed by atoms with Gasteiger partial charge in [0.15, 0.2) is 0 Å². The molecule has 1 unspecified atom stereocenters. The van der Waals surface area contributed by atoms with Gasteiger partial charge >= 0.3 is 18.0 Å². The van der Waals surface area contributed by atoms with Crippen LogP contribution < -0.4 is 10.6 Å². The average molecular weight is 275 g/mol. The zero-order valence-corrected chi connectivity index (χ0v) is 11.3. The number of aliphatic carboxylic acids is 2. The maximum absolute atomic E-state index is 11.5. The molecule has 0 bridgehead atoms. The van der Waals surface area contributed by atoms with E-state index in [0.717, 1.165) is 0 Å². The Labute approximate surface area is 111 Å². The molecule has 0 rings (SSSR count). The van der Waals surface area contributed by atoms with Gasteiger partial charge in [-0.3, -0.25) is 4.79 Å². The van der Waals surface area contributed by atoms with Gasteiger partial charge in [-0.05, 0) is 27.4 Å². The van der Waals surface area contributed by atoms with Crippen LogP contribution in [0.1, 0.15) is 19.8 Å². The molecule has 8 heteroatoms. The molecule has 0 fully saturated rings. The molecule has 0 aliphatic heterocycles. The minimum Gasteiger partial charge on any atom is -0.481 e. The first-order chi connectivity index (χ1) is 8.73. The lowest BCUT2D eigenvalue weighted by Crippen LogP contribution is -2.48. The van der Waals surface area contributed by atoms with Gasteiger partial charge in [0.05, 0.1) is 0 Å². The van der Waals surface area contributed by atoms with E-state index in [0.29, 0.717) is 6.54 Å². The quantitative estimate of drug-likeness (QED) is 0.476. The van der Waals surface area contributed by atoms with E-state index in [1.54, 1.807) is 0 Å². The standard InChI is InChI=1S/C11H21N3O5/c1-7(14(2)3)6-12-11(19)13-8(10(17)18)4-5-9(15)16/h7-8H,4-6H2,1-3H3,(H,15,16)(H,17,18)(H2,12,13,19)/t7?,8-/m0/s1. The number of nitrogens with one attached hydrogen (secondary N) is 2. The summed E-state index contributed by atoms with van der Waals surface area (Å²) < 4.78 is 0. The zero-order valence-electron chi connectivity index (χ0n) is 11.3. The molecular weight excluding hydrogens is 254 g/mol. The second-order valence-corrected chi connectivity index (χ2v) is 4.49. The van der Waals surface area contributed by atoms with Crippen molar-refractivity contribution in [2.24, 2.45) is 0 Å². The van der Waals surface area contributed by atoms with E-state index < -0.39 is 24.0 Å². The summed E-state index contributed by atoms with van der Waals surface area (Å²) in [6.07, 6.45) is -0.466. The first-order valence-electron chi connectivity index (χ1n) is 5.89. The lowest BCUT2D eigenvalue weighted by molar-refractivity contribution is -0.140. The molecule has 4 N–H and O–H groups in total. The predicted octanol–water partition coefficient (Wildman–Crippen LogP) is -0.446. The number of hydrogen-bond donors (Lipinski definition) is 4. The summed E-state index contributed by atoms with van der Waals surface area (Å²) >= 11 is 0. The average Bonchev–Trinajstić information content (AvgIpc) is 2.30. The van der Waals surface area contributed by atoms with Crippen molar-refractivity contribution in [3.05, 3.63) is 0 Å². The van der Waals surface area contributed by atoms with Crippen LogP contribution in [0.25, 0.3) is 0 Å². The van der Waals surface area contributed by atoms with E-state index >= 15 is 0 Å². The molecule has 2 amide bonds. The number of rotatable bonds is 8. The fourth-order valence-electron chi connectivity index (χ4n) is 1.16. The Kier molecular flexibility index (Phi) is 7.50. The van der Waals surface area contributed by atoms with E-state index in [1.165, 1.54) is 0 Å². The summed E-state index contributed by atoms with van der Waals surface area (Å²) in [6, 6.07) is -1.72. The molecule has 0 saturated heterocycles. The molecule has 0 aromatic rings. The Hall–Kier alpha value is -1.83. The van der Waals surface area contributed by atoms with Crippen LogP contribution in [0.2, 0.25) is 0 Å². The Morgan fingerprint density at radius 1 is 1.21 bits per heavy atom. The number of urea groups is 1. The van der Waals surface area contributed by atoms with Crippen molar-refractivity contribution < 1.29 is 24.6 Å². The highest BCUT2D eigenvalue weighted by molar-refractivity contribution is 5.83. The van der Waals surface area contributed by atoms with E-state index in [1.807, 2.05) is 25.9 Å². The minimum absolute atomic E-state index is 0.105. The van der Waals surface area contributed by atoms with Crippen molar-refractivity contribution in [3.8, 4) is 0 Å². The smallest absolute Gasteiger partial charge is 0.326 e. The molecule has 19 heavy (non-hydrogen) atoms. The fraction of sp³-hybridized carbons (Fsp3) is 0.727. The summed E-state index contributed by atoms with van der Waals surface area (Å²) in [7, 11) is 3.72. The van der Waals surface area contributed by atoms with Gasteiger partial charge in [0.25, 0.3) is 0 Å². The Bertz CT molecular complexity index is 332. The maximum Gasteiger partial charge on any atom is 0.326 e. The van der Waals surface area contributed by atoms with Gasteiger partial charge in [-0.15, -0.1) is 0 Å². The normalized spacial score (nSPS) is 13.7.